The van der Waals surface area contributed by atoms with Gasteiger partial charge in [-0.15, -0.1) is 0 Å². The third-order valence-electron chi connectivity index (χ3n) is 7.33. The molecule has 0 aliphatic carbocycles. The van der Waals surface area contributed by atoms with E-state index in [4.69, 9.17) is 19.2 Å². The smallest absolute Gasteiger partial charge is 0.407 e. The van der Waals surface area contributed by atoms with Gasteiger partial charge < -0.3 is 29.0 Å². The fourth-order valence-electron chi connectivity index (χ4n) is 5.20. The largest absolute Gasteiger partial charge is 0.497 e. The average molecular weight is 611 g/mol. The van der Waals surface area contributed by atoms with E-state index in [1.807, 2.05) is 45.6 Å². The second kappa shape index (κ2) is 13.0. The van der Waals surface area contributed by atoms with Crippen LogP contribution in [0.2, 0.25) is 0 Å². The minimum absolute atomic E-state index is 0.191. The van der Waals surface area contributed by atoms with E-state index in [1.165, 1.54) is 31.9 Å². The molecule has 3 heterocycles. The topological polar surface area (TPSA) is 139 Å². The van der Waals surface area contributed by atoms with E-state index < -0.39 is 35.3 Å². The summed E-state index contributed by atoms with van der Waals surface area (Å²) in [7, 11) is 4.45. The summed E-state index contributed by atoms with van der Waals surface area (Å²) in [5.41, 5.74) is -0.281. The number of ether oxygens (including phenoxy) is 3. The molecular weight excluding hydrogens is 568 g/mol. The van der Waals surface area contributed by atoms with Crippen molar-refractivity contribution >= 4 is 29.0 Å². The number of piperidine rings is 1. The molecule has 0 saturated carbocycles. The van der Waals surface area contributed by atoms with Crippen molar-refractivity contribution in [2.45, 2.75) is 72.2 Å². The van der Waals surface area contributed by atoms with Crippen LogP contribution < -0.4 is 30.9 Å². The molecule has 1 aliphatic heterocycles. The monoisotopic (exact) mass is 610 g/mol. The van der Waals surface area contributed by atoms with E-state index in [9.17, 15) is 19.2 Å². The number of Topliss-reactive ketones (excluding diaryl/α,β-unsaturated/α-hetero) is 1. The lowest BCUT2D eigenvalue weighted by molar-refractivity contribution is 0.0499. The SMILES string of the molecule is COc1ccc(OC)c(C(=O)Cn2c(=O)c3c(nc(N4CCCC(NC(=O)OC(C)(C)C)C4)n3CC=C(C)C)n(C)c2=O)c1. The first-order valence-electron chi connectivity index (χ1n) is 14.6. The minimum atomic E-state index is -0.667. The van der Waals surface area contributed by atoms with Crippen LogP contribution in [-0.2, 0) is 24.9 Å². The van der Waals surface area contributed by atoms with Crippen LogP contribution in [0.1, 0.15) is 57.8 Å². The molecule has 1 N–H and O–H groups in total. The first-order chi connectivity index (χ1) is 20.7. The van der Waals surface area contributed by atoms with Crippen LogP contribution in [0.15, 0.2) is 39.4 Å². The van der Waals surface area contributed by atoms with Crippen LogP contribution in [0.5, 0.6) is 11.5 Å². The number of carbonyl (C=O) groups excluding carboxylic acids is 2. The Morgan fingerprint density at radius 3 is 2.48 bits per heavy atom. The first-order valence-corrected chi connectivity index (χ1v) is 14.6. The molecule has 1 aliphatic rings. The summed E-state index contributed by atoms with van der Waals surface area (Å²) in [4.78, 5) is 60.2. The van der Waals surface area contributed by atoms with Gasteiger partial charge in [0.1, 0.15) is 17.1 Å². The summed E-state index contributed by atoms with van der Waals surface area (Å²) >= 11 is 0. The number of nitrogens with one attached hydrogen (secondary N) is 1. The van der Waals surface area contributed by atoms with Crippen molar-refractivity contribution in [3.63, 3.8) is 0 Å². The highest BCUT2D eigenvalue weighted by Crippen LogP contribution is 2.26. The third-order valence-corrected chi connectivity index (χ3v) is 7.33. The molecule has 1 aromatic carbocycles. The number of hydrogen-bond donors (Lipinski definition) is 1. The van der Waals surface area contributed by atoms with Gasteiger partial charge >= 0.3 is 11.8 Å². The molecular formula is C31H42N6O7. The lowest BCUT2D eigenvalue weighted by atomic mass is 10.1. The highest BCUT2D eigenvalue weighted by Gasteiger charge is 2.29. The fourth-order valence-corrected chi connectivity index (χ4v) is 5.20. The summed E-state index contributed by atoms with van der Waals surface area (Å²) in [5, 5.41) is 2.94. The highest BCUT2D eigenvalue weighted by atomic mass is 16.6. The standard InChI is InChI=1S/C31H42N6O7/c1-19(2)13-15-36-25-26(33-28(36)35-14-9-10-20(17-35)32-29(40)44-31(3,4)5)34(6)30(41)37(27(25)39)18-23(38)22-16-21(42-7)11-12-24(22)43-8/h11-13,16,20H,9-10,14-15,17-18H2,1-8H3,(H,32,40). The Hall–Kier alpha value is -4.55. The maximum atomic E-state index is 14.0. The number of methoxy groups -OCH3 is 2. The van der Waals surface area contributed by atoms with Crippen LogP contribution in [-0.4, -0.2) is 69.5 Å². The van der Waals surface area contributed by atoms with Gasteiger partial charge in [-0.25, -0.2) is 9.59 Å². The summed E-state index contributed by atoms with van der Waals surface area (Å²) < 4.78 is 20.0. The Morgan fingerprint density at radius 1 is 1.11 bits per heavy atom. The van der Waals surface area contributed by atoms with Crippen LogP contribution in [0.4, 0.5) is 10.7 Å². The zero-order valence-corrected chi connectivity index (χ0v) is 26.7. The predicted octanol–water partition coefficient (Wildman–Crippen LogP) is 3.26. The molecule has 3 aromatic rings. The molecule has 0 bridgehead atoms. The number of aromatic nitrogens is 4. The van der Waals surface area contributed by atoms with Crippen molar-refractivity contribution < 1.29 is 23.8 Å². The lowest BCUT2D eigenvalue weighted by Crippen LogP contribution is -2.49. The maximum Gasteiger partial charge on any atom is 0.407 e. The van der Waals surface area contributed by atoms with Crippen molar-refractivity contribution in [1.29, 1.82) is 0 Å². The van der Waals surface area contributed by atoms with E-state index >= 15 is 0 Å². The molecule has 0 radical (unpaired) electrons. The number of amides is 1. The Bertz CT molecular complexity index is 1710. The molecule has 0 spiro atoms. The molecule has 1 saturated heterocycles. The number of benzene rings is 1. The van der Waals surface area contributed by atoms with Gasteiger partial charge in [0.2, 0.25) is 5.95 Å². The number of aryl methyl sites for hydroxylation is 1. The summed E-state index contributed by atoms with van der Waals surface area (Å²) in [6.45, 7) is 10.2. The number of allylic oxidation sites excluding steroid dienone is 2. The number of fused-ring (bicyclic) bond motifs is 1. The Balaban J connectivity index is 1.77. The molecule has 1 unspecified atom stereocenters. The lowest BCUT2D eigenvalue weighted by Gasteiger charge is -2.34. The van der Waals surface area contributed by atoms with E-state index in [0.717, 1.165) is 23.0 Å². The number of alkyl carbamates (subject to hydrolysis) is 1. The summed E-state index contributed by atoms with van der Waals surface area (Å²) in [6, 6.07) is 4.57. The Kier molecular flexibility index (Phi) is 9.55. The van der Waals surface area contributed by atoms with E-state index in [2.05, 4.69) is 5.32 Å². The van der Waals surface area contributed by atoms with Crippen LogP contribution >= 0.6 is 0 Å². The second-order valence-corrected chi connectivity index (χ2v) is 12.1. The quantitative estimate of drug-likeness (QED) is 0.286. The molecule has 2 aromatic heterocycles. The number of hydrogen-bond acceptors (Lipinski definition) is 9. The van der Waals surface area contributed by atoms with Gasteiger partial charge in [0.15, 0.2) is 16.9 Å². The molecule has 1 amide bonds. The van der Waals surface area contributed by atoms with Crippen molar-refractivity contribution in [3.8, 4) is 11.5 Å². The van der Waals surface area contributed by atoms with Gasteiger partial charge in [0, 0.05) is 32.7 Å². The Morgan fingerprint density at radius 2 is 1.84 bits per heavy atom. The average Bonchev–Trinajstić information content (AvgIpc) is 3.35. The van der Waals surface area contributed by atoms with Gasteiger partial charge in [-0.3, -0.25) is 18.7 Å². The van der Waals surface area contributed by atoms with E-state index in [0.29, 0.717) is 37.1 Å². The zero-order valence-electron chi connectivity index (χ0n) is 26.7. The molecule has 1 fully saturated rings. The number of rotatable bonds is 9. The molecule has 44 heavy (non-hydrogen) atoms. The number of anilines is 1. The maximum absolute atomic E-state index is 14.0. The minimum Gasteiger partial charge on any atom is -0.497 e. The molecule has 13 nitrogen and oxygen atoms in total. The number of nitrogens with zero attached hydrogens (tertiary/aromatic N) is 5. The van der Waals surface area contributed by atoms with Gasteiger partial charge in [0.25, 0.3) is 5.56 Å². The number of carbonyl (C=O) groups is 2. The van der Waals surface area contributed by atoms with Crippen molar-refractivity contribution in [2.24, 2.45) is 7.05 Å². The summed E-state index contributed by atoms with van der Waals surface area (Å²) in [6.07, 6.45) is 2.99. The molecule has 238 valence electrons. The van der Waals surface area contributed by atoms with Crippen molar-refractivity contribution in [2.75, 3.05) is 32.2 Å². The predicted molar refractivity (Wildman–Crippen MR) is 167 cm³/mol. The van der Waals surface area contributed by atoms with Crippen LogP contribution in [0, 0.1) is 0 Å². The zero-order chi connectivity index (χ0) is 32.3. The number of ketones is 1. The molecule has 4 rings (SSSR count). The van der Waals surface area contributed by atoms with E-state index in [-0.39, 0.29) is 22.8 Å². The van der Waals surface area contributed by atoms with Crippen molar-refractivity contribution in [3.05, 3.63) is 56.2 Å². The molecule has 13 heteroatoms. The van der Waals surface area contributed by atoms with Crippen LogP contribution in [0.25, 0.3) is 11.2 Å². The van der Waals surface area contributed by atoms with Crippen molar-refractivity contribution in [1.82, 2.24) is 24.0 Å². The van der Waals surface area contributed by atoms with Gasteiger partial charge in [-0.2, -0.15) is 4.98 Å². The van der Waals surface area contributed by atoms with Gasteiger partial charge in [-0.1, -0.05) is 11.6 Å². The van der Waals surface area contributed by atoms with Crippen LogP contribution in [0.3, 0.4) is 0 Å². The second-order valence-electron chi connectivity index (χ2n) is 12.1. The third kappa shape index (κ3) is 6.98. The Labute approximate surface area is 256 Å². The highest BCUT2D eigenvalue weighted by molar-refractivity contribution is 5.99. The number of imidazole rings is 1. The normalized spacial score (nSPS) is 15.2. The van der Waals surface area contributed by atoms with Gasteiger partial charge in [0.05, 0.1) is 26.3 Å². The fraction of sp³-hybridized carbons (Fsp3) is 0.516. The first kappa shape index (κ1) is 32.4. The summed E-state index contributed by atoms with van der Waals surface area (Å²) in [5.74, 6) is 0.758. The van der Waals surface area contributed by atoms with E-state index in [1.54, 1.807) is 16.7 Å². The van der Waals surface area contributed by atoms with Gasteiger partial charge in [-0.05, 0) is 65.7 Å². The molecule has 1 atom stereocenters.